The zero-order valence-corrected chi connectivity index (χ0v) is 33.3. The van der Waals surface area contributed by atoms with Crippen molar-refractivity contribution in [1.29, 1.82) is 0 Å². The molecule has 0 atom stereocenters. The van der Waals surface area contributed by atoms with Crippen molar-refractivity contribution >= 4 is 71.3 Å². The first-order valence-electron chi connectivity index (χ1n) is 24.6. The molecule has 1 heterocycles. The lowest BCUT2D eigenvalue weighted by molar-refractivity contribution is 0.672. The van der Waals surface area contributed by atoms with E-state index in [1.165, 1.54) is 4.90 Å². The van der Waals surface area contributed by atoms with Gasteiger partial charge in [0.2, 0.25) is 0 Å². The van der Waals surface area contributed by atoms with Crippen LogP contribution in [0.3, 0.4) is 0 Å². The highest BCUT2D eigenvalue weighted by Crippen LogP contribution is 2.44. The van der Waals surface area contributed by atoms with Crippen LogP contribution in [0.4, 0.5) is 17.1 Å². The Morgan fingerprint density at radius 1 is 0.323 bits per heavy atom. The summed E-state index contributed by atoms with van der Waals surface area (Å²) >= 11 is 0. The van der Waals surface area contributed by atoms with Crippen molar-refractivity contribution in [3.8, 4) is 44.5 Å². The summed E-state index contributed by atoms with van der Waals surface area (Å²) in [6.07, 6.45) is 0. The van der Waals surface area contributed by atoms with Gasteiger partial charge in [0, 0.05) is 33.1 Å². The Morgan fingerprint density at radius 2 is 0.871 bits per heavy atom. The topological polar surface area (TPSA) is 16.4 Å². The van der Waals surface area contributed by atoms with Gasteiger partial charge >= 0.3 is 0 Å². The second-order valence-corrected chi connectivity index (χ2v) is 15.4. The Labute approximate surface area is 371 Å². The maximum atomic E-state index is 9.77. The molecule has 0 fully saturated rings. The number of hydrogen-bond donors (Lipinski definition) is 0. The van der Waals surface area contributed by atoms with Crippen LogP contribution in [-0.4, -0.2) is 0 Å². The van der Waals surface area contributed by atoms with Crippen molar-refractivity contribution in [1.82, 2.24) is 0 Å². The minimum Gasteiger partial charge on any atom is -0.455 e. The van der Waals surface area contributed by atoms with Crippen molar-refractivity contribution in [3.05, 3.63) is 236 Å². The highest BCUT2D eigenvalue weighted by Gasteiger charge is 2.19. The second kappa shape index (κ2) is 14.8. The summed E-state index contributed by atoms with van der Waals surface area (Å²) in [4.78, 5) is 1.39. The van der Waals surface area contributed by atoms with E-state index >= 15 is 0 Å². The predicted molar refractivity (Wildman–Crippen MR) is 263 cm³/mol. The number of nitrogens with zero attached hydrogens (tertiary/aromatic N) is 1. The molecule has 0 aliphatic rings. The molecule has 2 nitrogen and oxygen atoms in total. The van der Waals surface area contributed by atoms with Gasteiger partial charge in [-0.2, -0.15) is 0 Å². The summed E-state index contributed by atoms with van der Waals surface area (Å²) in [6, 6.07) is 57.2. The Kier molecular flexibility index (Phi) is 6.76. The fraction of sp³-hybridized carbons (Fsp3) is 0. The SMILES string of the molecule is [2H]c1c([2H])c(N(c2ccccc2-c2ccc3c(ccc4c5ccccc5oc34)c2)c2c([2H])c([2H])c(-c3ccc4ccccc4c3)c([2H])c2[2H])c([2H])c([2H])c1-c1ccc(-c2cccc3ccccc23)cc1. The van der Waals surface area contributed by atoms with Crippen molar-refractivity contribution in [2.45, 2.75) is 0 Å². The maximum absolute atomic E-state index is 9.77. The Bertz CT molecular complexity index is 4060. The maximum Gasteiger partial charge on any atom is 0.143 e. The van der Waals surface area contributed by atoms with Gasteiger partial charge in [0.15, 0.2) is 0 Å². The lowest BCUT2D eigenvalue weighted by Gasteiger charge is -2.28. The number of para-hydroxylation sites is 2. The standard InChI is InChI=1S/C60H39NO/c1-2-12-46-38-47(25-22-40(46)10-1)43-28-34-51(35-29-43)61(50-32-26-42(27-33-50)41-20-23-45(24-21-41)53-17-9-13-44-11-3-4-14-52(44)53)58-18-7-5-15-54(58)48-30-36-55-49(39-48)31-37-57-56-16-6-8-19-59(56)62-60(55)57/h1-39H/i26D,27D,28D,29D,32D,33D,34D,35D. The van der Waals surface area contributed by atoms with Gasteiger partial charge in [-0.25, -0.2) is 0 Å². The molecular formula is C60H39NO. The summed E-state index contributed by atoms with van der Waals surface area (Å²) in [5, 5.41) is 7.80. The van der Waals surface area contributed by atoms with Gasteiger partial charge < -0.3 is 9.32 Å². The number of hydrogen-bond acceptors (Lipinski definition) is 2. The van der Waals surface area contributed by atoms with Crippen LogP contribution in [-0.2, 0) is 0 Å². The molecule has 0 amide bonds. The first-order chi connectivity index (χ1) is 34.1. The average Bonchev–Trinajstić information content (AvgIpc) is 3.79. The Morgan fingerprint density at radius 3 is 1.68 bits per heavy atom. The molecule has 0 saturated heterocycles. The van der Waals surface area contributed by atoms with E-state index < -0.39 is 24.2 Å². The predicted octanol–water partition coefficient (Wildman–Crippen LogP) is 17.2. The van der Waals surface area contributed by atoms with Crippen LogP contribution < -0.4 is 4.90 Å². The van der Waals surface area contributed by atoms with Gasteiger partial charge in [0.1, 0.15) is 11.2 Å². The molecule has 0 unspecified atom stereocenters. The molecule has 0 aliphatic carbocycles. The Hall–Kier alpha value is -8.20. The molecular weight excluding hydrogens is 751 g/mol. The average molecular weight is 798 g/mol. The van der Waals surface area contributed by atoms with E-state index in [-0.39, 0.29) is 46.7 Å². The van der Waals surface area contributed by atoms with Gasteiger partial charge in [-0.3, -0.25) is 0 Å². The smallest absolute Gasteiger partial charge is 0.143 e. The van der Waals surface area contributed by atoms with E-state index in [4.69, 9.17) is 4.42 Å². The summed E-state index contributed by atoms with van der Waals surface area (Å²) in [5.41, 5.74) is 5.89. The zero-order chi connectivity index (χ0) is 47.9. The third kappa shape index (κ3) is 6.20. The molecule has 2 heteroatoms. The minimum atomic E-state index is -0.412. The fourth-order valence-electron chi connectivity index (χ4n) is 8.71. The normalized spacial score (nSPS) is 13.4. The summed E-state index contributed by atoms with van der Waals surface area (Å²) in [5.74, 6) is 0. The largest absolute Gasteiger partial charge is 0.455 e. The van der Waals surface area contributed by atoms with Crippen LogP contribution in [0.1, 0.15) is 11.0 Å². The van der Waals surface area contributed by atoms with E-state index in [1.54, 1.807) is 30.3 Å². The van der Waals surface area contributed by atoms with Crippen LogP contribution in [0.25, 0.3) is 98.8 Å². The molecule has 62 heavy (non-hydrogen) atoms. The van der Waals surface area contributed by atoms with Crippen molar-refractivity contribution in [3.63, 3.8) is 0 Å². The van der Waals surface area contributed by atoms with E-state index in [0.717, 1.165) is 70.9 Å². The molecule has 11 aromatic carbocycles. The molecule has 0 aliphatic heterocycles. The molecule has 0 bridgehead atoms. The lowest BCUT2D eigenvalue weighted by atomic mass is 9.96. The van der Waals surface area contributed by atoms with E-state index in [1.807, 2.05) is 140 Å². The van der Waals surface area contributed by atoms with Crippen LogP contribution in [0.15, 0.2) is 241 Å². The molecule has 290 valence electrons. The van der Waals surface area contributed by atoms with E-state index in [0.29, 0.717) is 22.4 Å². The highest BCUT2D eigenvalue weighted by atomic mass is 16.3. The number of rotatable bonds is 7. The summed E-state index contributed by atoms with van der Waals surface area (Å²) in [7, 11) is 0. The third-order valence-electron chi connectivity index (χ3n) is 11.8. The van der Waals surface area contributed by atoms with Crippen molar-refractivity contribution in [2.75, 3.05) is 4.90 Å². The quantitative estimate of drug-likeness (QED) is 0.160. The van der Waals surface area contributed by atoms with Crippen LogP contribution >= 0.6 is 0 Å². The molecule has 1 aromatic heterocycles. The Balaban J connectivity index is 1.06. The molecule has 0 radical (unpaired) electrons. The van der Waals surface area contributed by atoms with Crippen LogP contribution in [0.5, 0.6) is 0 Å². The summed E-state index contributed by atoms with van der Waals surface area (Å²) in [6.45, 7) is 0. The number of fused-ring (bicyclic) bond motifs is 7. The van der Waals surface area contributed by atoms with Crippen molar-refractivity contribution in [2.24, 2.45) is 0 Å². The molecule has 0 saturated carbocycles. The number of anilines is 3. The van der Waals surface area contributed by atoms with Crippen molar-refractivity contribution < 1.29 is 15.4 Å². The van der Waals surface area contributed by atoms with Crippen LogP contribution in [0, 0.1) is 0 Å². The fourth-order valence-corrected chi connectivity index (χ4v) is 8.71. The zero-order valence-electron chi connectivity index (χ0n) is 41.3. The second-order valence-electron chi connectivity index (χ2n) is 15.4. The van der Waals surface area contributed by atoms with Gasteiger partial charge in [-0.15, -0.1) is 0 Å². The van der Waals surface area contributed by atoms with E-state index in [9.17, 15) is 11.0 Å². The lowest BCUT2D eigenvalue weighted by Crippen LogP contribution is -2.11. The summed E-state index contributed by atoms with van der Waals surface area (Å²) < 4.78 is 83.6. The minimum absolute atomic E-state index is 0.0918. The number of benzene rings is 11. The molecule has 0 spiro atoms. The number of furan rings is 1. The highest BCUT2D eigenvalue weighted by molar-refractivity contribution is 6.15. The monoisotopic (exact) mass is 797 g/mol. The van der Waals surface area contributed by atoms with Crippen LogP contribution in [0.2, 0.25) is 0 Å². The van der Waals surface area contributed by atoms with Gasteiger partial charge in [0.05, 0.1) is 16.7 Å². The molecule has 0 N–H and O–H groups in total. The first kappa shape index (κ1) is 28.3. The third-order valence-corrected chi connectivity index (χ3v) is 11.8. The molecule has 12 aromatic rings. The van der Waals surface area contributed by atoms with E-state index in [2.05, 4.69) is 18.2 Å². The van der Waals surface area contributed by atoms with Gasteiger partial charge in [-0.1, -0.05) is 176 Å². The van der Waals surface area contributed by atoms with Gasteiger partial charge in [0.25, 0.3) is 0 Å². The first-order valence-corrected chi connectivity index (χ1v) is 20.6. The van der Waals surface area contributed by atoms with Gasteiger partial charge in [-0.05, 0) is 126 Å². The molecule has 12 rings (SSSR count).